The van der Waals surface area contributed by atoms with Gasteiger partial charge in [-0.3, -0.25) is 14.2 Å². The minimum atomic E-state index is -0.278. The number of benzene rings is 3. The van der Waals surface area contributed by atoms with Crippen molar-refractivity contribution in [1.29, 1.82) is 0 Å². The molecule has 1 aromatic heterocycles. The average Bonchev–Trinajstić information content (AvgIpc) is 3.39. The van der Waals surface area contributed by atoms with E-state index in [0.717, 1.165) is 24.0 Å². The van der Waals surface area contributed by atoms with Gasteiger partial charge < -0.3 is 5.32 Å². The number of carbonyl (C=O) groups excluding carboxylic acids is 1. The highest BCUT2D eigenvalue weighted by molar-refractivity contribution is 7.98. The lowest BCUT2D eigenvalue weighted by Crippen LogP contribution is -2.32. The van der Waals surface area contributed by atoms with E-state index in [1.807, 2.05) is 42.5 Å². The molecule has 35 heavy (non-hydrogen) atoms. The molecule has 1 fully saturated rings. The second-order valence-corrected chi connectivity index (χ2v) is 9.81. The monoisotopic (exact) mass is 487 g/mol. The van der Waals surface area contributed by atoms with Crippen molar-refractivity contribution in [1.82, 2.24) is 14.9 Å². The summed E-state index contributed by atoms with van der Waals surface area (Å²) in [6.07, 6.45) is 4.42. The Morgan fingerprint density at radius 3 is 2.40 bits per heavy atom. The van der Waals surface area contributed by atoms with E-state index in [1.54, 1.807) is 22.8 Å². The van der Waals surface area contributed by atoms with Crippen molar-refractivity contribution in [2.45, 2.75) is 49.2 Å². The number of aromatic nitrogens is 2. The lowest BCUT2D eigenvalue weighted by Gasteiger charge is -2.14. The minimum Gasteiger partial charge on any atom is -0.349 e. The molecular formula is C28H26FN3O2S. The van der Waals surface area contributed by atoms with Crippen molar-refractivity contribution in [2.24, 2.45) is 0 Å². The second kappa shape index (κ2) is 10.4. The van der Waals surface area contributed by atoms with Gasteiger partial charge >= 0.3 is 0 Å². The van der Waals surface area contributed by atoms with E-state index in [4.69, 9.17) is 4.98 Å². The van der Waals surface area contributed by atoms with Crippen LogP contribution in [0.25, 0.3) is 10.9 Å². The first-order chi connectivity index (χ1) is 17.1. The summed E-state index contributed by atoms with van der Waals surface area (Å²) in [7, 11) is 0. The molecule has 1 heterocycles. The molecule has 1 aliphatic rings. The fraction of sp³-hybridized carbons (Fsp3) is 0.250. The van der Waals surface area contributed by atoms with Crippen LogP contribution in [-0.2, 0) is 12.3 Å². The summed E-state index contributed by atoms with van der Waals surface area (Å²) in [5.74, 6) is 0.231. The Morgan fingerprint density at radius 1 is 0.971 bits per heavy atom. The van der Waals surface area contributed by atoms with Crippen LogP contribution in [-0.4, -0.2) is 21.5 Å². The number of amides is 1. The van der Waals surface area contributed by atoms with Gasteiger partial charge in [-0.1, -0.05) is 61.0 Å². The summed E-state index contributed by atoms with van der Waals surface area (Å²) < 4.78 is 14.9. The van der Waals surface area contributed by atoms with Gasteiger partial charge in [0.25, 0.3) is 11.5 Å². The molecule has 0 unspecified atom stereocenters. The van der Waals surface area contributed by atoms with E-state index < -0.39 is 0 Å². The quantitative estimate of drug-likeness (QED) is 0.274. The van der Waals surface area contributed by atoms with Crippen molar-refractivity contribution in [3.63, 3.8) is 0 Å². The maximum absolute atomic E-state index is 13.4. The number of halogens is 1. The average molecular weight is 488 g/mol. The number of carbonyl (C=O) groups is 1. The highest BCUT2D eigenvalue weighted by atomic mass is 32.2. The zero-order chi connectivity index (χ0) is 24.2. The third-order valence-electron chi connectivity index (χ3n) is 6.36. The number of nitrogens with one attached hydrogen (secondary N) is 1. The fourth-order valence-electron chi connectivity index (χ4n) is 4.41. The molecule has 0 atom stereocenters. The number of thioether (sulfide) groups is 1. The van der Waals surface area contributed by atoms with Crippen molar-refractivity contribution >= 4 is 28.6 Å². The molecule has 0 saturated heterocycles. The highest BCUT2D eigenvalue weighted by Gasteiger charge is 2.18. The molecule has 1 amide bonds. The molecule has 5 rings (SSSR count). The second-order valence-electron chi connectivity index (χ2n) is 8.87. The Morgan fingerprint density at radius 2 is 1.66 bits per heavy atom. The third-order valence-corrected chi connectivity index (χ3v) is 7.40. The van der Waals surface area contributed by atoms with Gasteiger partial charge in [-0.2, -0.15) is 0 Å². The molecule has 0 bridgehead atoms. The largest absolute Gasteiger partial charge is 0.349 e. The first-order valence-electron chi connectivity index (χ1n) is 11.8. The van der Waals surface area contributed by atoms with Crippen LogP contribution in [0.2, 0.25) is 0 Å². The molecule has 7 heteroatoms. The Kier molecular flexibility index (Phi) is 6.95. The van der Waals surface area contributed by atoms with Crippen LogP contribution >= 0.6 is 11.8 Å². The fourth-order valence-corrected chi connectivity index (χ4v) is 5.36. The smallest absolute Gasteiger partial charge is 0.262 e. The van der Waals surface area contributed by atoms with Gasteiger partial charge in [0.15, 0.2) is 5.16 Å². The molecule has 1 N–H and O–H groups in total. The van der Waals surface area contributed by atoms with E-state index in [2.05, 4.69) is 5.32 Å². The molecular weight excluding hydrogens is 461 g/mol. The van der Waals surface area contributed by atoms with Crippen LogP contribution in [0, 0.1) is 5.82 Å². The van der Waals surface area contributed by atoms with Crippen molar-refractivity contribution in [3.05, 3.63) is 106 Å². The topological polar surface area (TPSA) is 64.0 Å². The lowest BCUT2D eigenvalue weighted by atomic mass is 10.1. The maximum Gasteiger partial charge on any atom is 0.262 e. The first-order valence-corrected chi connectivity index (χ1v) is 12.8. The van der Waals surface area contributed by atoms with Gasteiger partial charge in [-0.15, -0.1) is 0 Å². The predicted octanol–water partition coefficient (Wildman–Crippen LogP) is 5.55. The highest BCUT2D eigenvalue weighted by Crippen LogP contribution is 2.23. The zero-order valence-electron chi connectivity index (χ0n) is 19.2. The van der Waals surface area contributed by atoms with Crippen molar-refractivity contribution in [2.75, 3.05) is 0 Å². The van der Waals surface area contributed by atoms with Crippen molar-refractivity contribution < 1.29 is 9.18 Å². The first kappa shape index (κ1) is 23.3. The van der Waals surface area contributed by atoms with Gasteiger partial charge in [0.05, 0.1) is 17.4 Å². The Balaban J connectivity index is 1.39. The van der Waals surface area contributed by atoms with Crippen LogP contribution < -0.4 is 10.9 Å². The molecule has 3 aromatic carbocycles. The summed E-state index contributed by atoms with van der Waals surface area (Å²) in [5, 5.41) is 4.27. The number of fused-ring (bicyclic) bond motifs is 1. The van der Waals surface area contributed by atoms with Crippen molar-refractivity contribution in [3.8, 4) is 0 Å². The van der Waals surface area contributed by atoms with Gasteiger partial charge in [-0.25, -0.2) is 9.37 Å². The number of hydrogen-bond donors (Lipinski definition) is 1. The molecule has 4 aromatic rings. The summed E-state index contributed by atoms with van der Waals surface area (Å²) >= 11 is 1.45. The van der Waals surface area contributed by atoms with Crippen LogP contribution in [0.4, 0.5) is 4.39 Å². The van der Waals surface area contributed by atoms with Crippen LogP contribution in [0.1, 0.15) is 47.2 Å². The maximum atomic E-state index is 13.4. The number of hydrogen-bond acceptors (Lipinski definition) is 4. The molecule has 0 radical (unpaired) electrons. The SMILES string of the molecule is O=C(NC1CCCC1)c1ccc(Cn2c(SCc3ccc(F)cc3)nc3ccccc3c2=O)cc1. The number of nitrogens with zero attached hydrogens (tertiary/aromatic N) is 2. The summed E-state index contributed by atoms with van der Waals surface area (Å²) in [4.78, 5) is 30.7. The van der Waals surface area contributed by atoms with E-state index in [1.165, 1.54) is 36.7 Å². The van der Waals surface area contributed by atoms with E-state index in [0.29, 0.717) is 33.9 Å². The molecule has 178 valence electrons. The van der Waals surface area contributed by atoms with Gasteiger partial charge in [0.1, 0.15) is 5.82 Å². The molecule has 1 aliphatic carbocycles. The van der Waals surface area contributed by atoms with Gasteiger partial charge in [0, 0.05) is 17.4 Å². The van der Waals surface area contributed by atoms with E-state index >= 15 is 0 Å². The minimum absolute atomic E-state index is 0.0523. The van der Waals surface area contributed by atoms with E-state index in [9.17, 15) is 14.0 Å². The Labute approximate surface area is 207 Å². The van der Waals surface area contributed by atoms with Crippen LogP contribution in [0.15, 0.2) is 82.7 Å². The summed E-state index contributed by atoms with van der Waals surface area (Å²) in [6.45, 7) is 0.340. The predicted molar refractivity (Wildman–Crippen MR) is 137 cm³/mol. The standard InChI is InChI=1S/C28H26FN3O2S/c29-22-15-11-20(12-16-22)18-35-28-31-25-8-4-3-7-24(25)27(34)32(28)17-19-9-13-21(14-10-19)26(33)30-23-5-1-2-6-23/h3-4,7-16,23H,1-2,5-6,17-18H2,(H,30,33). The van der Waals surface area contributed by atoms with Crippen LogP contribution in [0.3, 0.4) is 0 Å². The van der Waals surface area contributed by atoms with Gasteiger partial charge in [-0.05, 0) is 60.4 Å². The Bertz CT molecular complexity index is 1390. The normalized spacial score (nSPS) is 13.9. The molecule has 0 aliphatic heterocycles. The molecule has 5 nitrogen and oxygen atoms in total. The molecule has 1 saturated carbocycles. The van der Waals surface area contributed by atoms with Gasteiger partial charge in [0.2, 0.25) is 0 Å². The lowest BCUT2D eigenvalue weighted by molar-refractivity contribution is 0.0938. The number of rotatable bonds is 7. The molecule has 0 spiro atoms. The zero-order valence-corrected chi connectivity index (χ0v) is 20.1. The summed E-state index contributed by atoms with van der Waals surface area (Å²) in [6, 6.07) is 21.3. The van der Waals surface area contributed by atoms with E-state index in [-0.39, 0.29) is 23.3 Å². The summed E-state index contributed by atoms with van der Waals surface area (Å²) in [5.41, 5.74) is 3.01. The number of para-hydroxylation sites is 1. The van der Waals surface area contributed by atoms with Crippen LogP contribution in [0.5, 0.6) is 0 Å². The third kappa shape index (κ3) is 5.46. The Hall–Kier alpha value is -3.45.